The smallest absolute Gasteiger partial charge is 0.256 e. The van der Waals surface area contributed by atoms with Crippen LogP contribution in [0.4, 0.5) is 5.69 Å². The van der Waals surface area contributed by atoms with E-state index in [1.807, 2.05) is 36.4 Å². The van der Waals surface area contributed by atoms with Crippen LogP contribution in [-0.2, 0) is 5.41 Å². The Labute approximate surface area is 189 Å². The lowest BCUT2D eigenvalue weighted by atomic mass is 9.86. The van der Waals surface area contributed by atoms with Crippen molar-refractivity contribution in [2.75, 3.05) is 5.32 Å². The van der Waals surface area contributed by atoms with Gasteiger partial charge >= 0.3 is 0 Å². The number of fused-ring (bicyclic) bond motifs is 1. The average Bonchev–Trinajstić information content (AvgIpc) is 2.73. The Morgan fingerprint density at radius 2 is 1.65 bits per heavy atom. The molecule has 0 saturated carbocycles. The number of amides is 1. The summed E-state index contributed by atoms with van der Waals surface area (Å²) in [4.78, 5) is 25.3. The summed E-state index contributed by atoms with van der Waals surface area (Å²) in [7, 11) is 0. The van der Waals surface area contributed by atoms with Crippen molar-refractivity contribution < 1.29 is 9.21 Å². The van der Waals surface area contributed by atoms with Gasteiger partial charge in [-0.2, -0.15) is 0 Å². The molecule has 0 saturated heterocycles. The number of hydrogen-bond acceptors (Lipinski definition) is 3. The van der Waals surface area contributed by atoms with Crippen LogP contribution < -0.4 is 10.7 Å². The lowest BCUT2D eigenvalue weighted by Crippen LogP contribution is -2.12. The molecule has 1 N–H and O–H groups in total. The lowest BCUT2D eigenvalue weighted by molar-refractivity contribution is 0.102. The van der Waals surface area contributed by atoms with Crippen LogP contribution in [0.5, 0.6) is 0 Å². The third kappa shape index (κ3) is 4.47. The van der Waals surface area contributed by atoms with Crippen molar-refractivity contribution in [2.45, 2.75) is 26.2 Å². The number of carbonyl (C=O) groups is 1. The Bertz CT molecular complexity index is 1330. The van der Waals surface area contributed by atoms with Crippen molar-refractivity contribution in [1.82, 2.24) is 0 Å². The first-order chi connectivity index (χ1) is 14.7. The summed E-state index contributed by atoms with van der Waals surface area (Å²) < 4.78 is 6.75. The number of hydrogen-bond donors (Lipinski definition) is 1. The third-order valence-electron chi connectivity index (χ3n) is 5.14. The van der Waals surface area contributed by atoms with Crippen LogP contribution in [0.15, 0.2) is 86.5 Å². The fourth-order valence-electron chi connectivity index (χ4n) is 3.35. The van der Waals surface area contributed by atoms with Crippen LogP contribution in [-0.4, -0.2) is 5.91 Å². The Hall–Kier alpha value is -3.18. The number of benzene rings is 3. The molecule has 156 valence electrons. The minimum Gasteiger partial charge on any atom is -0.456 e. The maximum Gasteiger partial charge on any atom is 0.256 e. The highest BCUT2D eigenvalue weighted by atomic mass is 79.9. The second kappa shape index (κ2) is 8.16. The molecule has 0 fully saturated rings. The monoisotopic (exact) mass is 475 g/mol. The summed E-state index contributed by atoms with van der Waals surface area (Å²) in [6, 6.07) is 21.8. The largest absolute Gasteiger partial charge is 0.456 e. The van der Waals surface area contributed by atoms with E-state index in [1.54, 1.807) is 30.3 Å². The Morgan fingerprint density at radius 3 is 2.32 bits per heavy atom. The van der Waals surface area contributed by atoms with Crippen LogP contribution in [0.25, 0.3) is 22.3 Å². The first-order valence-electron chi connectivity index (χ1n) is 9.97. The molecule has 4 nitrogen and oxygen atoms in total. The molecule has 0 spiro atoms. The second-order valence-corrected chi connectivity index (χ2v) is 9.30. The van der Waals surface area contributed by atoms with Gasteiger partial charge in [-0.3, -0.25) is 9.59 Å². The van der Waals surface area contributed by atoms with Crippen molar-refractivity contribution in [3.8, 4) is 11.3 Å². The Balaban J connectivity index is 1.69. The van der Waals surface area contributed by atoms with Gasteiger partial charge in [0, 0.05) is 27.9 Å². The first kappa shape index (κ1) is 21.1. The molecule has 1 heterocycles. The van der Waals surface area contributed by atoms with Crippen molar-refractivity contribution >= 4 is 38.5 Å². The summed E-state index contributed by atoms with van der Waals surface area (Å²) >= 11 is 3.39. The molecule has 5 heteroatoms. The fraction of sp³-hybridized carbons (Fsp3) is 0.154. The summed E-state index contributed by atoms with van der Waals surface area (Å²) in [6.45, 7) is 6.46. The zero-order chi connectivity index (χ0) is 22.2. The third-order valence-corrected chi connectivity index (χ3v) is 5.83. The molecule has 0 radical (unpaired) electrons. The van der Waals surface area contributed by atoms with Crippen LogP contribution >= 0.6 is 15.9 Å². The summed E-state index contributed by atoms with van der Waals surface area (Å²) in [5.74, 6) is 0.246. The van der Waals surface area contributed by atoms with Gasteiger partial charge in [0.2, 0.25) is 0 Å². The molecule has 1 aromatic heterocycles. The molecular formula is C26H22BrNO3. The molecule has 0 aliphatic heterocycles. The van der Waals surface area contributed by atoms with Gasteiger partial charge in [-0.15, -0.1) is 0 Å². The first-order valence-corrected chi connectivity index (χ1v) is 10.8. The number of anilines is 1. The van der Waals surface area contributed by atoms with E-state index in [4.69, 9.17) is 4.42 Å². The predicted octanol–water partition coefficient (Wildman–Crippen LogP) is 6.77. The minimum absolute atomic E-state index is 0.0452. The summed E-state index contributed by atoms with van der Waals surface area (Å²) in [5, 5.41) is 3.33. The molecule has 0 bridgehead atoms. The van der Waals surface area contributed by atoms with Gasteiger partial charge in [-0.05, 0) is 51.2 Å². The fourth-order valence-corrected chi connectivity index (χ4v) is 3.82. The molecule has 0 aliphatic rings. The summed E-state index contributed by atoms with van der Waals surface area (Å²) in [5.41, 5.74) is 3.45. The predicted molar refractivity (Wildman–Crippen MR) is 129 cm³/mol. The van der Waals surface area contributed by atoms with Gasteiger partial charge in [-0.1, -0.05) is 57.2 Å². The van der Waals surface area contributed by atoms with Gasteiger partial charge in [0.05, 0.1) is 10.9 Å². The molecule has 4 aromatic rings. The van der Waals surface area contributed by atoms with E-state index in [-0.39, 0.29) is 16.8 Å². The van der Waals surface area contributed by atoms with Crippen molar-refractivity contribution in [1.29, 1.82) is 0 Å². The van der Waals surface area contributed by atoms with E-state index in [2.05, 4.69) is 42.0 Å². The molecule has 4 rings (SSSR count). The molecule has 0 aliphatic carbocycles. The van der Waals surface area contributed by atoms with Crippen LogP contribution in [0, 0.1) is 0 Å². The SMILES string of the molecule is CC(C)(C)c1ccc(-c2cc(=O)c3ccc(NC(=O)c4ccccc4Br)cc3o2)cc1. The van der Waals surface area contributed by atoms with E-state index >= 15 is 0 Å². The normalized spacial score (nSPS) is 11.5. The zero-order valence-electron chi connectivity index (χ0n) is 17.5. The summed E-state index contributed by atoms with van der Waals surface area (Å²) in [6.07, 6.45) is 0. The molecule has 31 heavy (non-hydrogen) atoms. The minimum atomic E-state index is -0.247. The molecule has 3 aromatic carbocycles. The van der Waals surface area contributed by atoms with Crippen LogP contribution in [0.1, 0.15) is 36.7 Å². The molecule has 0 unspecified atom stereocenters. The van der Waals surface area contributed by atoms with E-state index in [9.17, 15) is 9.59 Å². The number of rotatable bonds is 3. The Morgan fingerprint density at radius 1 is 0.935 bits per heavy atom. The van der Waals surface area contributed by atoms with Crippen molar-refractivity contribution in [3.63, 3.8) is 0 Å². The maximum absolute atomic E-state index is 12.6. The number of nitrogens with one attached hydrogen (secondary N) is 1. The highest BCUT2D eigenvalue weighted by Crippen LogP contribution is 2.28. The van der Waals surface area contributed by atoms with Crippen LogP contribution in [0.3, 0.4) is 0 Å². The average molecular weight is 476 g/mol. The van der Waals surface area contributed by atoms with Crippen molar-refractivity contribution in [2.24, 2.45) is 0 Å². The number of halogens is 1. The maximum atomic E-state index is 12.6. The Kier molecular flexibility index (Phi) is 5.54. The molecule has 1 amide bonds. The van der Waals surface area contributed by atoms with E-state index in [1.165, 1.54) is 11.6 Å². The molecular weight excluding hydrogens is 454 g/mol. The van der Waals surface area contributed by atoms with Gasteiger partial charge < -0.3 is 9.73 Å². The highest BCUT2D eigenvalue weighted by molar-refractivity contribution is 9.10. The van der Waals surface area contributed by atoms with Gasteiger partial charge in [-0.25, -0.2) is 0 Å². The molecule has 0 atom stereocenters. The highest BCUT2D eigenvalue weighted by Gasteiger charge is 2.15. The van der Waals surface area contributed by atoms with Crippen LogP contribution in [0.2, 0.25) is 0 Å². The van der Waals surface area contributed by atoms with E-state index in [0.717, 1.165) is 5.56 Å². The van der Waals surface area contributed by atoms with Gasteiger partial charge in [0.1, 0.15) is 11.3 Å². The quantitative estimate of drug-likeness (QED) is 0.355. The zero-order valence-corrected chi connectivity index (χ0v) is 19.1. The van der Waals surface area contributed by atoms with E-state index < -0.39 is 0 Å². The second-order valence-electron chi connectivity index (χ2n) is 8.45. The van der Waals surface area contributed by atoms with Gasteiger partial charge in [0.15, 0.2) is 5.43 Å². The lowest BCUT2D eigenvalue weighted by Gasteiger charge is -2.19. The van der Waals surface area contributed by atoms with Crippen molar-refractivity contribution in [3.05, 3.63) is 98.6 Å². The topological polar surface area (TPSA) is 59.3 Å². The van der Waals surface area contributed by atoms with Gasteiger partial charge in [0.25, 0.3) is 5.91 Å². The number of carbonyl (C=O) groups excluding carboxylic acids is 1. The standard InChI is InChI=1S/C26H22BrNO3/c1-26(2,3)17-10-8-16(9-11-17)23-15-22(29)20-13-12-18(14-24(20)31-23)28-25(30)19-6-4-5-7-21(19)27/h4-15H,1-3H3,(H,28,30). The van der Waals surface area contributed by atoms with E-state index in [0.29, 0.717) is 32.5 Å².